The van der Waals surface area contributed by atoms with Crippen LogP contribution in [-0.2, 0) is 0 Å². The first-order valence-corrected chi connectivity index (χ1v) is 9.25. The fourth-order valence-electron chi connectivity index (χ4n) is 3.84. The summed E-state index contributed by atoms with van der Waals surface area (Å²) >= 11 is 0. The van der Waals surface area contributed by atoms with Crippen LogP contribution in [-0.4, -0.2) is 42.2 Å². The van der Waals surface area contributed by atoms with E-state index in [0.29, 0.717) is 12.1 Å². The summed E-state index contributed by atoms with van der Waals surface area (Å²) in [6.45, 7) is 1.29. The summed E-state index contributed by atoms with van der Waals surface area (Å²) in [5.41, 5.74) is 1.75. The summed E-state index contributed by atoms with van der Waals surface area (Å²) in [6, 6.07) is 18.2. The number of carbonyl (C=O) groups is 1. The highest BCUT2D eigenvalue weighted by atomic mass is 16.3. The average Bonchev–Trinajstić information content (AvgIpc) is 2.73. The molecule has 1 saturated heterocycles. The number of β-amino-alcohol motifs (C(OH)–C–C–N with tert-alkyl or cyclic N) is 1. The summed E-state index contributed by atoms with van der Waals surface area (Å²) in [5, 5.41) is 15.8. The molecule has 138 valence electrons. The molecule has 2 N–H and O–H groups in total. The minimum absolute atomic E-state index is 0.105. The van der Waals surface area contributed by atoms with E-state index in [2.05, 4.69) is 45.5 Å². The van der Waals surface area contributed by atoms with E-state index in [1.807, 2.05) is 12.1 Å². The second kappa shape index (κ2) is 7.37. The van der Waals surface area contributed by atoms with Gasteiger partial charge in [-0.15, -0.1) is 0 Å². The Hall–Kier alpha value is -2.92. The molecular weight excluding hydrogens is 338 g/mol. The van der Waals surface area contributed by atoms with Gasteiger partial charge in [-0.05, 0) is 34.9 Å². The Kier molecular flexibility index (Phi) is 4.77. The zero-order valence-electron chi connectivity index (χ0n) is 15.3. The molecule has 1 aliphatic rings. The molecule has 0 spiro atoms. The maximum atomic E-state index is 11.9. The molecule has 5 heteroatoms. The van der Waals surface area contributed by atoms with E-state index in [1.54, 1.807) is 25.4 Å². The maximum Gasteiger partial charge on any atom is 0.251 e. The molecule has 2 heterocycles. The van der Waals surface area contributed by atoms with E-state index in [0.717, 1.165) is 18.8 Å². The number of carbonyl (C=O) groups excluding carboxylic acids is 1. The Morgan fingerprint density at radius 3 is 2.74 bits per heavy atom. The molecule has 2 aromatic carbocycles. The van der Waals surface area contributed by atoms with Crippen LogP contribution in [0, 0.1) is 0 Å². The van der Waals surface area contributed by atoms with Crippen LogP contribution in [0.4, 0.5) is 5.82 Å². The van der Waals surface area contributed by atoms with Gasteiger partial charge in [0.1, 0.15) is 5.82 Å². The molecular formula is C22H23N3O2. The molecule has 3 aromatic rings. The summed E-state index contributed by atoms with van der Waals surface area (Å²) in [5.74, 6) is 0.699. The first kappa shape index (κ1) is 17.5. The Morgan fingerprint density at radius 1 is 1.15 bits per heavy atom. The smallest absolute Gasteiger partial charge is 0.251 e. The highest BCUT2D eigenvalue weighted by molar-refractivity contribution is 5.94. The second-order valence-electron chi connectivity index (χ2n) is 7.00. The minimum atomic E-state index is -0.481. The van der Waals surface area contributed by atoms with Gasteiger partial charge in [0.05, 0.1) is 6.10 Å². The molecule has 1 aliphatic heterocycles. The zero-order valence-corrected chi connectivity index (χ0v) is 15.3. The second-order valence-corrected chi connectivity index (χ2v) is 7.00. The van der Waals surface area contributed by atoms with Gasteiger partial charge in [0, 0.05) is 37.8 Å². The third-order valence-electron chi connectivity index (χ3n) is 5.34. The van der Waals surface area contributed by atoms with Crippen LogP contribution in [0.5, 0.6) is 0 Å². The van der Waals surface area contributed by atoms with Crippen LogP contribution in [0.1, 0.15) is 28.3 Å². The molecule has 0 saturated carbocycles. The number of aromatic nitrogens is 1. The number of hydrogen-bond donors (Lipinski definition) is 2. The van der Waals surface area contributed by atoms with Gasteiger partial charge in [0.2, 0.25) is 0 Å². The summed E-state index contributed by atoms with van der Waals surface area (Å²) in [6.07, 6.45) is 2.00. The first-order valence-electron chi connectivity index (χ1n) is 9.25. The van der Waals surface area contributed by atoms with E-state index in [-0.39, 0.29) is 11.8 Å². The summed E-state index contributed by atoms with van der Waals surface area (Å²) < 4.78 is 0. The molecule has 4 rings (SSSR count). The lowest BCUT2D eigenvalue weighted by atomic mass is 9.86. The molecule has 1 aromatic heterocycles. The summed E-state index contributed by atoms with van der Waals surface area (Å²) in [4.78, 5) is 18.3. The van der Waals surface area contributed by atoms with Crippen molar-refractivity contribution in [2.24, 2.45) is 0 Å². The lowest BCUT2D eigenvalue weighted by Gasteiger charge is -2.37. The van der Waals surface area contributed by atoms with Crippen molar-refractivity contribution in [1.29, 1.82) is 0 Å². The number of pyridine rings is 1. The average molecular weight is 361 g/mol. The van der Waals surface area contributed by atoms with Gasteiger partial charge >= 0.3 is 0 Å². The fraction of sp³-hybridized carbons (Fsp3) is 0.273. The number of piperidine rings is 1. The predicted octanol–water partition coefficient (Wildman–Crippen LogP) is 2.95. The molecule has 2 atom stereocenters. The largest absolute Gasteiger partial charge is 0.391 e. The van der Waals surface area contributed by atoms with Gasteiger partial charge in [0.15, 0.2) is 0 Å². The normalized spacial score (nSPS) is 19.9. The van der Waals surface area contributed by atoms with Crippen molar-refractivity contribution in [2.45, 2.75) is 18.4 Å². The number of benzene rings is 2. The number of aliphatic hydroxyl groups is 1. The first-order chi connectivity index (χ1) is 13.2. The summed E-state index contributed by atoms with van der Waals surface area (Å²) in [7, 11) is 1.61. The van der Waals surface area contributed by atoms with Crippen LogP contribution < -0.4 is 10.2 Å². The van der Waals surface area contributed by atoms with Gasteiger partial charge in [0.25, 0.3) is 5.91 Å². The zero-order chi connectivity index (χ0) is 18.8. The lowest BCUT2D eigenvalue weighted by Crippen LogP contribution is -2.43. The molecule has 1 amide bonds. The van der Waals surface area contributed by atoms with E-state index >= 15 is 0 Å². The van der Waals surface area contributed by atoms with Gasteiger partial charge in [-0.3, -0.25) is 4.79 Å². The molecule has 27 heavy (non-hydrogen) atoms. The van der Waals surface area contributed by atoms with E-state index < -0.39 is 6.10 Å². The number of rotatable bonds is 3. The van der Waals surface area contributed by atoms with Crippen molar-refractivity contribution in [1.82, 2.24) is 10.3 Å². The Labute approximate surface area is 158 Å². The highest BCUT2D eigenvalue weighted by Gasteiger charge is 2.29. The third-order valence-corrected chi connectivity index (χ3v) is 5.34. The van der Waals surface area contributed by atoms with Gasteiger partial charge in [-0.25, -0.2) is 4.98 Å². The van der Waals surface area contributed by atoms with E-state index in [1.165, 1.54) is 16.3 Å². The minimum Gasteiger partial charge on any atom is -0.391 e. The number of hydrogen-bond acceptors (Lipinski definition) is 4. The van der Waals surface area contributed by atoms with Crippen LogP contribution >= 0.6 is 0 Å². The number of amides is 1. The van der Waals surface area contributed by atoms with Crippen LogP contribution in [0.15, 0.2) is 60.8 Å². The van der Waals surface area contributed by atoms with Gasteiger partial charge in [-0.1, -0.05) is 42.5 Å². The Morgan fingerprint density at radius 2 is 1.96 bits per heavy atom. The fourth-order valence-corrected chi connectivity index (χ4v) is 3.84. The topological polar surface area (TPSA) is 65.5 Å². The van der Waals surface area contributed by atoms with Crippen molar-refractivity contribution < 1.29 is 9.90 Å². The van der Waals surface area contributed by atoms with Crippen LogP contribution in [0.2, 0.25) is 0 Å². The number of nitrogens with one attached hydrogen (secondary N) is 1. The maximum absolute atomic E-state index is 11.9. The van der Waals surface area contributed by atoms with Crippen LogP contribution in [0.3, 0.4) is 0 Å². The predicted molar refractivity (Wildman–Crippen MR) is 107 cm³/mol. The quantitative estimate of drug-likeness (QED) is 0.753. The SMILES string of the molecule is CNC(=O)c1ccnc(N2CC[C@H](c3ccc4ccccc4c3)[C@@H](O)C2)c1. The van der Waals surface area contributed by atoms with Crippen molar-refractivity contribution in [3.05, 3.63) is 71.9 Å². The van der Waals surface area contributed by atoms with Crippen molar-refractivity contribution in [3.63, 3.8) is 0 Å². The Balaban J connectivity index is 1.53. The molecule has 0 unspecified atom stereocenters. The van der Waals surface area contributed by atoms with Gasteiger partial charge < -0.3 is 15.3 Å². The number of fused-ring (bicyclic) bond motifs is 1. The molecule has 0 bridgehead atoms. The molecule has 0 aliphatic carbocycles. The van der Waals surface area contributed by atoms with E-state index in [9.17, 15) is 9.90 Å². The molecule has 0 radical (unpaired) electrons. The lowest BCUT2D eigenvalue weighted by molar-refractivity contribution is 0.0963. The standard InChI is InChI=1S/C22H23N3O2/c1-23-22(27)18-8-10-24-21(13-18)25-11-9-19(20(26)14-25)17-7-6-15-4-2-3-5-16(15)12-17/h2-8,10,12-13,19-20,26H,9,11,14H2,1H3,(H,23,27)/t19-,20+/m1/s1. The molecule has 1 fully saturated rings. The highest BCUT2D eigenvalue weighted by Crippen LogP contribution is 2.32. The van der Waals surface area contributed by atoms with Crippen LogP contribution in [0.25, 0.3) is 10.8 Å². The van der Waals surface area contributed by atoms with Crippen molar-refractivity contribution in [3.8, 4) is 0 Å². The number of nitrogens with zero attached hydrogens (tertiary/aromatic N) is 2. The number of anilines is 1. The Bertz CT molecular complexity index is 972. The molecule has 5 nitrogen and oxygen atoms in total. The van der Waals surface area contributed by atoms with Crippen molar-refractivity contribution >= 4 is 22.5 Å². The van der Waals surface area contributed by atoms with E-state index in [4.69, 9.17) is 0 Å². The number of aliphatic hydroxyl groups excluding tert-OH is 1. The van der Waals surface area contributed by atoms with Crippen molar-refractivity contribution in [2.75, 3.05) is 25.0 Å². The monoisotopic (exact) mass is 361 g/mol. The van der Waals surface area contributed by atoms with Gasteiger partial charge in [-0.2, -0.15) is 0 Å². The third kappa shape index (κ3) is 3.51.